The Hall–Kier alpha value is -2.32. The number of nitrogens with one attached hydrogen (secondary N) is 2. The van der Waals surface area contributed by atoms with Crippen molar-refractivity contribution < 1.29 is 22.4 Å². The Morgan fingerprint density at radius 1 is 1.12 bits per heavy atom. The summed E-state index contributed by atoms with van der Waals surface area (Å²) in [5.41, 5.74) is 4.65. The second-order valence-corrected chi connectivity index (χ2v) is 7.46. The second kappa shape index (κ2) is 7.50. The summed E-state index contributed by atoms with van der Waals surface area (Å²) < 4.78 is 29.2. The first-order chi connectivity index (χ1) is 11.3. The van der Waals surface area contributed by atoms with Gasteiger partial charge in [-0.1, -0.05) is 11.6 Å². The molecule has 0 radical (unpaired) electrons. The number of benzene rings is 1. The van der Waals surface area contributed by atoms with Gasteiger partial charge in [0.1, 0.15) is 5.76 Å². The van der Waals surface area contributed by atoms with E-state index in [9.17, 15) is 18.0 Å². The number of carbonyl (C=O) groups excluding carboxylic acids is 2. The van der Waals surface area contributed by atoms with Gasteiger partial charge in [0.05, 0.1) is 22.5 Å². The minimum Gasteiger partial charge on any atom is -0.469 e. The third-order valence-electron chi connectivity index (χ3n) is 3.19. The van der Waals surface area contributed by atoms with Crippen molar-refractivity contribution in [3.05, 3.63) is 52.9 Å². The summed E-state index contributed by atoms with van der Waals surface area (Å²) in [6.07, 6.45) is 1.06. The maximum absolute atomic E-state index is 12.1. The minimum absolute atomic E-state index is 0.0813. The summed E-state index contributed by atoms with van der Waals surface area (Å²) in [5.74, 6) is -1.15. The van der Waals surface area contributed by atoms with Crippen LogP contribution in [0.25, 0.3) is 0 Å². The summed E-state index contributed by atoms with van der Waals surface area (Å²) in [5, 5.41) is 0.420. The molecule has 9 heteroatoms. The first kappa shape index (κ1) is 18.0. The van der Waals surface area contributed by atoms with Crippen LogP contribution in [0.4, 0.5) is 0 Å². The molecule has 0 fully saturated rings. The van der Waals surface area contributed by atoms with Crippen molar-refractivity contribution in [3.63, 3.8) is 0 Å². The monoisotopic (exact) mass is 370 g/mol. The topological polar surface area (TPSA) is 105 Å². The molecule has 1 aromatic heterocycles. The molecule has 2 aromatic rings. The molecule has 2 amide bonds. The van der Waals surface area contributed by atoms with Gasteiger partial charge in [-0.05, 0) is 37.3 Å². The smallest absolute Gasteiger partial charge is 0.273 e. The lowest BCUT2D eigenvalue weighted by atomic mass is 10.2. The fraction of sp³-hybridized carbons (Fsp3) is 0.200. The van der Waals surface area contributed by atoms with Gasteiger partial charge in [-0.15, -0.1) is 0 Å². The van der Waals surface area contributed by atoms with Gasteiger partial charge >= 0.3 is 0 Å². The summed E-state index contributed by atoms with van der Waals surface area (Å²) in [6, 6.07) is 7.13. The zero-order chi connectivity index (χ0) is 17.7. The molecule has 2 N–H and O–H groups in total. The van der Waals surface area contributed by atoms with Crippen LogP contribution in [0.2, 0.25) is 5.02 Å². The zero-order valence-corrected chi connectivity index (χ0v) is 14.3. The number of hydrogen-bond donors (Lipinski definition) is 2. The van der Waals surface area contributed by atoms with E-state index in [4.69, 9.17) is 16.0 Å². The van der Waals surface area contributed by atoms with Crippen molar-refractivity contribution in [1.82, 2.24) is 10.9 Å². The van der Waals surface area contributed by atoms with Crippen LogP contribution < -0.4 is 10.9 Å². The number of hydrogen-bond acceptors (Lipinski definition) is 5. The molecule has 0 spiro atoms. The highest BCUT2D eigenvalue weighted by Gasteiger charge is 2.17. The number of carbonyl (C=O) groups is 2. The third kappa shape index (κ3) is 4.59. The van der Waals surface area contributed by atoms with Crippen molar-refractivity contribution >= 4 is 33.3 Å². The van der Waals surface area contributed by atoms with E-state index < -0.39 is 21.7 Å². The molecule has 2 rings (SSSR count). The molecule has 0 aliphatic rings. The molecule has 0 saturated heterocycles. The molecule has 0 bridgehead atoms. The van der Waals surface area contributed by atoms with Crippen LogP contribution in [0.3, 0.4) is 0 Å². The van der Waals surface area contributed by atoms with Crippen LogP contribution in [0.15, 0.2) is 45.9 Å². The molecule has 1 aromatic carbocycles. The maximum atomic E-state index is 12.1. The predicted molar refractivity (Wildman–Crippen MR) is 87.2 cm³/mol. The number of amides is 2. The number of rotatable bonds is 5. The number of sulfone groups is 1. The Kier molecular flexibility index (Phi) is 5.63. The van der Waals surface area contributed by atoms with Gasteiger partial charge in [0, 0.05) is 11.4 Å². The van der Waals surface area contributed by atoms with Gasteiger partial charge in [0.2, 0.25) is 5.91 Å². The predicted octanol–water partition coefficient (Wildman–Crippen LogP) is 1.87. The first-order valence-electron chi connectivity index (χ1n) is 6.91. The van der Waals surface area contributed by atoms with E-state index in [0.717, 1.165) is 0 Å². The van der Waals surface area contributed by atoms with Crippen LogP contribution >= 0.6 is 11.6 Å². The van der Waals surface area contributed by atoms with E-state index in [-0.39, 0.29) is 22.6 Å². The Morgan fingerprint density at radius 3 is 2.38 bits per heavy atom. The lowest BCUT2D eigenvalue weighted by Gasteiger charge is -2.07. The number of furan rings is 1. The molecule has 0 aliphatic heterocycles. The second-order valence-electron chi connectivity index (χ2n) is 4.92. The Balaban J connectivity index is 1.85. The average Bonchev–Trinajstić information content (AvgIpc) is 2.97. The molecule has 0 aliphatic carbocycles. The van der Waals surface area contributed by atoms with Crippen molar-refractivity contribution in [2.45, 2.75) is 18.2 Å². The standard InChI is InChI=1S/C15H15ClN2O5S/c1-10-13(6-8-23-10)15(20)18-17-14(19)7-9-24(21,22)12-4-2-11(16)3-5-12/h2-6,8H,7,9H2,1H3,(H,17,19)(H,18,20). The summed E-state index contributed by atoms with van der Waals surface area (Å²) in [4.78, 5) is 23.5. The van der Waals surface area contributed by atoms with E-state index in [1.54, 1.807) is 6.92 Å². The molecule has 128 valence electrons. The van der Waals surface area contributed by atoms with Crippen LogP contribution in [0.5, 0.6) is 0 Å². The third-order valence-corrected chi connectivity index (χ3v) is 5.17. The normalized spacial score (nSPS) is 11.1. The molecule has 0 unspecified atom stereocenters. The number of halogens is 1. The van der Waals surface area contributed by atoms with Crippen LogP contribution in [0, 0.1) is 6.92 Å². The van der Waals surface area contributed by atoms with Gasteiger partial charge < -0.3 is 4.42 Å². The molecule has 0 atom stereocenters. The van der Waals surface area contributed by atoms with Gasteiger partial charge in [-0.2, -0.15) is 0 Å². The summed E-state index contributed by atoms with van der Waals surface area (Å²) in [6.45, 7) is 1.61. The quantitative estimate of drug-likeness (QED) is 0.781. The van der Waals surface area contributed by atoms with Crippen LogP contribution in [-0.2, 0) is 14.6 Å². The first-order valence-corrected chi connectivity index (χ1v) is 8.94. The van der Waals surface area contributed by atoms with E-state index >= 15 is 0 Å². The average molecular weight is 371 g/mol. The van der Waals surface area contributed by atoms with E-state index in [0.29, 0.717) is 10.8 Å². The van der Waals surface area contributed by atoms with Crippen molar-refractivity contribution in [1.29, 1.82) is 0 Å². The molecule has 1 heterocycles. The zero-order valence-electron chi connectivity index (χ0n) is 12.7. The SMILES string of the molecule is Cc1occc1C(=O)NNC(=O)CCS(=O)(=O)c1ccc(Cl)cc1. The van der Waals surface area contributed by atoms with Gasteiger partial charge in [-0.3, -0.25) is 20.4 Å². The lowest BCUT2D eigenvalue weighted by Crippen LogP contribution is -2.42. The molecular formula is C15H15ClN2O5S. The van der Waals surface area contributed by atoms with Gasteiger partial charge in [0.15, 0.2) is 9.84 Å². The lowest BCUT2D eigenvalue weighted by molar-refractivity contribution is -0.121. The fourth-order valence-electron chi connectivity index (χ4n) is 1.86. The van der Waals surface area contributed by atoms with Crippen molar-refractivity contribution in [3.8, 4) is 0 Å². The van der Waals surface area contributed by atoms with E-state index in [2.05, 4.69) is 10.9 Å². The summed E-state index contributed by atoms with van der Waals surface area (Å²) in [7, 11) is -3.61. The molecule has 7 nitrogen and oxygen atoms in total. The van der Waals surface area contributed by atoms with Crippen LogP contribution in [-0.4, -0.2) is 26.0 Å². The highest BCUT2D eigenvalue weighted by molar-refractivity contribution is 7.91. The number of aryl methyl sites for hydroxylation is 1. The van der Waals surface area contributed by atoms with Gasteiger partial charge in [-0.25, -0.2) is 8.42 Å². The van der Waals surface area contributed by atoms with Crippen LogP contribution in [0.1, 0.15) is 22.5 Å². The highest BCUT2D eigenvalue weighted by atomic mass is 35.5. The number of hydrazine groups is 1. The largest absolute Gasteiger partial charge is 0.469 e. The van der Waals surface area contributed by atoms with Crippen molar-refractivity contribution in [2.24, 2.45) is 0 Å². The summed E-state index contributed by atoms with van der Waals surface area (Å²) >= 11 is 5.71. The van der Waals surface area contributed by atoms with E-state index in [1.807, 2.05) is 0 Å². The molecule has 0 saturated carbocycles. The van der Waals surface area contributed by atoms with Crippen molar-refractivity contribution in [2.75, 3.05) is 5.75 Å². The Bertz CT molecular complexity index is 843. The highest BCUT2D eigenvalue weighted by Crippen LogP contribution is 2.16. The van der Waals surface area contributed by atoms with E-state index in [1.165, 1.54) is 36.6 Å². The maximum Gasteiger partial charge on any atom is 0.273 e. The van der Waals surface area contributed by atoms with Gasteiger partial charge in [0.25, 0.3) is 5.91 Å². The molecular weight excluding hydrogens is 356 g/mol. The Labute approximate surface area is 143 Å². The Morgan fingerprint density at radius 2 is 1.79 bits per heavy atom. The minimum atomic E-state index is -3.61. The fourth-order valence-corrected chi connectivity index (χ4v) is 3.23. The molecule has 24 heavy (non-hydrogen) atoms.